The number of aromatic nitrogens is 1. The van der Waals surface area contributed by atoms with Crippen molar-refractivity contribution >= 4 is 5.82 Å². The van der Waals surface area contributed by atoms with Crippen molar-refractivity contribution in [2.24, 2.45) is 0 Å². The molecule has 1 rings (SSSR count). The van der Waals surface area contributed by atoms with Crippen LogP contribution < -0.4 is 10.5 Å². The summed E-state index contributed by atoms with van der Waals surface area (Å²) in [4.78, 5) is 2.75. The van der Waals surface area contributed by atoms with Crippen molar-refractivity contribution in [1.82, 2.24) is 4.98 Å². The molecule has 1 heterocycles. The summed E-state index contributed by atoms with van der Waals surface area (Å²) in [5, 5.41) is 0. The highest BCUT2D eigenvalue weighted by Crippen LogP contribution is 2.36. The number of anilines is 1. The molecule has 0 unspecified atom stereocenters. The van der Waals surface area contributed by atoms with E-state index in [1.165, 1.54) is 0 Å². The molecular formula is C7H4F6N2O. The maximum atomic E-state index is 12.5. The Morgan fingerprint density at radius 3 is 2.31 bits per heavy atom. The van der Waals surface area contributed by atoms with Crippen molar-refractivity contribution in [3.63, 3.8) is 0 Å². The summed E-state index contributed by atoms with van der Waals surface area (Å²) in [6, 6.07) is 0.127. The first-order chi connectivity index (χ1) is 7.20. The summed E-state index contributed by atoms with van der Waals surface area (Å²) in [5.74, 6) is -3.89. The zero-order chi connectivity index (χ0) is 12.5. The van der Waals surface area contributed by atoms with E-state index in [-0.39, 0.29) is 6.07 Å². The topological polar surface area (TPSA) is 48.1 Å². The van der Waals surface area contributed by atoms with Gasteiger partial charge >= 0.3 is 6.36 Å². The van der Waals surface area contributed by atoms with Crippen LogP contribution in [0.2, 0.25) is 0 Å². The second-order valence-electron chi connectivity index (χ2n) is 2.60. The van der Waals surface area contributed by atoms with Gasteiger partial charge in [-0.1, -0.05) is 0 Å². The largest absolute Gasteiger partial charge is 0.573 e. The highest BCUT2D eigenvalue weighted by molar-refractivity contribution is 5.51. The molecule has 0 spiro atoms. The molecule has 0 bridgehead atoms. The van der Waals surface area contributed by atoms with E-state index in [9.17, 15) is 26.3 Å². The number of nitrogens with zero attached hydrogens (tertiary/aromatic N) is 1. The van der Waals surface area contributed by atoms with E-state index in [4.69, 9.17) is 5.73 Å². The van der Waals surface area contributed by atoms with Crippen molar-refractivity contribution in [1.29, 1.82) is 0 Å². The average Bonchev–Trinajstić information content (AvgIpc) is 2.07. The molecule has 3 nitrogen and oxygen atoms in total. The van der Waals surface area contributed by atoms with Crippen LogP contribution >= 0.6 is 0 Å². The molecule has 9 heteroatoms. The summed E-state index contributed by atoms with van der Waals surface area (Å²) in [7, 11) is 0. The normalized spacial score (nSPS) is 11.9. The Balaban J connectivity index is 3.25. The van der Waals surface area contributed by atoms with E-state index >= 15 is 0 Å². The number of alkyl halides is 5. The third kappa shape index (κ3) is 2.91. The molecule has 0 amide bonds. The number of halogens is 6. The van der Waals surface area contributed by atoms with Gasteiger partial charge < -0.3 is 10.5 Å². The quantitative estimate of drug-likeness (QED) is 0.644. The maximum absolute atomic E-state index is 12.5. The molecule has 0 atom stereocenters. The predicted octanol–water partition coefficient (Wildman–Crippen LogP) is 2.64. The SMILES string of the molecule is Nc1nc(F)cc(C(F)F)c1OC(F)(F)F. The second kappa shape index (κ2) is 4.06. The van der Waals surface area contributed by atoms with Gasteiger partial charge in [-0.3, -0.25) is 0 Å². The van der Waals surface area contributed by atoms with Crippen LogP contribution in [0.15, 0.2) is 6.07 Å². The summed E-state index contributed by atoms with van der Waals surface area (Å²) in [6.07, 6.45) is -8.57. The van der Waals surface area contributed by atoms with Gasteiger partial charge in [-0.05, 0) is 0 Å². The van der Waals surface area contributed by atoms with E-state index in [1.807, 2.05) is 0 Å². The molecule has 0 fully saturated rings. The lowest BCUT2D eigenvalue weighted by Gasteiger charge is -2.14. The Bertz CT molecular complexity index is 391. The number of pyridine rings is 1. The van der Waals surface area contributed by atoms with Crippen LogP contribution in [0.4, 0.5) is 32.2 Å². The van der Waals surface area contributed by atoms with Crippen LogP contribution in [0.1, 0.15) is 12.0 Å². The standard InChI is InChI=1S/C7H4F6N2O/c8-3-1-2(5(9)10)4(6(14)15-3)16-7(11,12)13/h1,5H,(H2,14,15). The Kier molecular flexibility index (Phi) is 3.15. The predicted molar refractivity (Wildman–Crippen MR) is 40.2 cm³/mol. The zero-order valence-corrected chi connectivity index (χ0v) is 7.36. The van der Waals surface area contributed by atoms with Crippen LogP contribution in [0.3, 0.4) is 0 Å². The minimum Gasteiger partial charge on any atom is -0.401 e. The number of hydrogen-bond donors (Lipinski definition) is 1. The van der Waals surface area contributed by atoms with E-state index < -0.39 is 35.9 Å². The van der Waals surface area contributed by atoms with Gasteiger partial charge in [0.1, 0.15) is 0 Å². The first-order valence-corrected chi connectivity index (χ1v) is 3.70. The van der Waals surface area contributed by atoms with Gasteiger partial charge in [-0.2, -0.15) is 9.37 Å². The molecule has 0 aliphatic rings. The first-order valence-electron chi connectivity index (χ1n) is 3.70. The van der Waals surface area contributed by atoms with Gasteiger partial charge in [0.2, 0.25) is 5.95 Å². The van der Waals surface area contributed by atoms with E-state index in [2.05, 4.69) is 9.72 Å². The van der Waals surface area contributed by atoms with E-state index in [0.717, 1.165) is 0 Å². The smallest absolute Gasteiger partial charge is 0.401 e. The van der Waals surface area contributed by atoms with Crippen LogP contribution in [0.5, 0.6) is 5.75 Å². The molecule has 90 valence electrons. The minimum atomic E-state index is -5.21. The maximum Gasteiger partial charge on any atom is 0.573 e. The van der Waals surface area contributed by atoms with E-state index in [0.29, 0.717) is 0 Å². The van der Waals surface area contributed by atoms with Gasteiger partial charge in [0, 0.05) is 6.07 Å². The summed E-state index contributed by atoms with van der Waals surface area (Å²) in [6.45, 7) is 0. The van der Waals surface area contributed by atoms with Crippen molar-refractivity contribution in [2.75, 3.05) is 5.73 Å². The molecule has 1 aromatic rings. The zero-order valence-electron chi connectivity index (χ0n) is 7.36. The fraction of sp³-hybridized carbons (Fsp3) is 0.286. The van der Waals surface area contributed by atoms with Crippen molar-refractivity contribution in [3.8, 4) is 5.75 Å². The van der Waals surface area contributed by atoms with Gasteiger partial charge in [0.25, 0.3) is 6.43 Å². The van der Waals surface area contributed by atoms with Gasteiger partial charge in [-0.25, -0.2) is 8.78 Å². The molecule has 0 aliphatic carbocycles. The van der Waals surface area contributed by atoms with Crippen LogP contribution in [0, 0.1) is 5.95 Å². The highest BCUT2D eigenvalue weighted by Gasteiger charge is 2.35. The van der Waals surface area contributed by atoms with Crippen molar-refractivity contribution in [2.45, 2.75) is 12.8 Å². The fourth-order valence-corrected chi connectivity index (χ4v) is 0.929. The molecule has 0 saturated heterocycles. The van der Waals surface area contributed by atoms with Crippen LogP contribution in [-0.2, 0) is 0 Å². The Morgan fingerprint density at radius 2 is 1.88 bits per heavy atom. The molecule has 1 aromatic heterocycles. The molecule has 16 heavy (non-hydrogen) atoms. The van der Waals surface area contributed by atoms with Crippen molar-refractivity contribution in [3.05, 3.63) is 17.6 Å². The van der Waals surface area contributed by atoms with Crippen molar-refractivity contribution < 1.29 is 31.1 Å². The Labute approximate surface area is 84.8 Å². The Morgan fingerprint density at radius 1 is 1.31 bits per heavy atom. The van der Waals surface area contributed by atoms with Gasteiger partial charge in [0.15, 0.2) is 11.6 Å². The van der Waals surface area contributed by atoms with Crippen LogP contribution in [-0.4, -0.2) is 11.3 Å². The van der Waals surface area contributed by atoms with Crippen LogP contribution in [0.25, 0.3) is 0 Å². The summed E-state index contributed by atoms with van der Waals surface area (Å²) in [5.41, 5.74) is 3.55. The fourth-order valence-electron chi connectivity index (χ4n) is 0.929. The highest BCUT2D eigenvalue weighted by atomic mass is 19.4. The lowest BCUT2D eigenvalue weighted by Crippen LogP contribution is -2.20. The lowest BCUT2D eigenvalue weighted by atomic mass is 10.2. The third-order valence-corrected chi connectivity index (χ3v) is 1.45. The molecule has 0 aromatic carbocycles. The number of ether oxygens (including phenoxy) is 1. The minimum absolute atomic E-state index is 0.127. The van der Waals surface area contributed by atoms with Gasteiger partial charge in [-0.15, -0.1) is 13.2 Å². The monoisotopic (exact) mass is 246 g/mol. The molecular weight excluding hydrogens is 242 g/mol. The Hall–Kier alpha value is -1.67. The molecule has 0 saturated carbocycles. The average molecular weight is 246 g/mol. The number of nitrogen functional groups attached to an aromatic ring is 1. The first kappa shape index (κ1) is 12.4. The second-order valence-corrected chi connectivity index (χ2v) is 2.60. The molecule has 2 N–H and O–H groups in total. The third-order valence-electron chi connectivity index (χ3n) is 1.45. The lowest BCUT2D eigenvalue weighted by molar-refractivity contribution is -0.275. The summed E-state index contributed by atoms with van der Waals surface area (Å²) >= 11 is 0. The number of hydrogen-bond acceptors (Lipinski definition) is 3. The van der Waals surface area contributed by atoms with Gasteiger partial charge in [0.05, 0.1) is 5.56 Å². The molecule has 0 radical (unpaired) electrons. The molecule has 0 aliphatic heterocycles. The van der Waals surface area contributed by atoms with E-state index in [1.54, 1.807) is 0 Å². The number of nitrogens with two attached hydrogens (primary N) is 1. The summed E-state index contributed by atoms with van der Waals surface area (Å²) < 4.78 is 75.8. The number of rotatable bonds is 2.